The summed E-state index contributed by atoms with van der Waals surface area (Å²) in [5, 5.41) is 4.50. The molecule has 0 atom stereocenters. The summed E-state index contributed by atoms with van der Waals surface area (Å²) < 4.78 is 10.2. The number of hydrogen-bond acceptors (Lipinski definition) is 6. The topological polar surface area (TPSA) is 77.5 Å². The fourth-order valence-corrected chi connectivity index (χ4v) is 2.47. The Morgan fingerprint density at radius 1 is 1.21 bits per heavy atom. The number of carbonyl (C=O) groups excluding carboxylic acids is 2. The van der Waals surface area contributed by atoms with Gasteiger partial charge in [-0.05, 0) is 37.6 Å². The second-order valence-electron chi connectivity index (χ2n) is 4.58. The monoisotopic (exact) mass is 346 g/mol. The number of aromatic nitrogens is 1. The number of nitrogens with one attached hydrogen (secondary N) is 1. The maximum absolute atomic E-state index is 11.9. The number of anilines is 1. The van der Waals surface area contributed by atoms with E-state index in [9.17, 15) is 9.59 Å². The molecule has 1 aromatic heterocycles. The van der Waals surface area contributed by atoms with Crippen LogP contribution < -0.4 is 10.1 Å². The minimum absolute atomic E-state index is 0.188. The molecular weight excluding hydrogens is 328 g/mol. The van der Waals surface area contributed by atoms with Crippen LogP contribution in [-0.4, -0.2) is 30.1 Å². The van der Waals surface area contributed by atoms with E-state index < -0.39 is 5.97 Å². The van der Waals surface area contributed by atoms with E-state index in [4.69, 9.17) is 9.47 Å². The van der Waals surface area contributed by atoms with Crippen molar-refractivity contribution in [1.82, 2.24) is 4.98 Å². The largest absolute Gasteiger partial charge is 0.494 e. The van der Waals surface area contributed by atoms with Crippen molar-refractivity contribution in [2.75, 3.05) is 18.5 Å². The predicted octanol–water partition coefficient (Wildman–Crippen LogP) is 3.37. The van der Waals surface area contributed by atoms with Crippen molar-refractivity contribution in [3.05, 3.63) is 47.0 Å². The molecule has 1 N–H and O–H groups in total. The lowest BCUT2D eigenvalue weighted by Crippen LogP contribution is -2.09. The van der Waals surface area contributed by atoms with Crippen molar-refractivity contribution in [1.29, 1.82) is 0 Å². The molecule has 24 heavy (non-hydrogen) atoms. The van der Waals surface area contributed by atoms with Crippen LogP contribution in [0.4, 0.5) is 5.13 Å². The van der Waals surface area contributed by atoms with Crippen LogP contribution in [0.25, 0.3) is 6.08 Å². The number of esters is 1. The Balaban J connectivity index is 1.91. The van der Waals surface area contributed by atoms with Crippen LogP contribution in [0.1, 0.15) is 29.9 Å². The van der Waals surface area contributed by atoms with Crippen LogP contribution in [0, 0.1) is 0 Å². The van der Waals surface area contributed by atoms with E-state index in [1.165, 1.54) is 17.4 Å². The first-order chi connectivity index (χ1) is 11.6. The van der Waals surface area contributed by atoms with Crippen LogP contribution in [0.15, 0.2) is 35.7 Å². The Morgan fingerprint density at radius 3 is 2.62 bits per heavy atom. The minimum atomic E-state index is -0.501. The normalized spacial score (nSPS) is 10.6. The van der Waals surface area contributed by atoms with Crippen molar-refractivity contribution in [2.24, 2.45) is 0 Å². The van der Waals surface area contributed by atoms with Crippen molar-refractivity contribution >= 4 is 34.4 Å². The highest BCUT2D eigenvalue weighted by atomic mass is 32.1. The minimum Gasteiger partial charge on any atom is -0.494 e. The third-order valence-corrected chi connectivity index (χ3v) is 3.59. The summed E-state index contributed by atoms with van der Waals surface area (Å²) in [6.45, 7) is 4.53. The van der Waals surface area contributed by atoms with Crippen molar-refractivity contribution in [3.63, 3.8) is 0 Å². The zero-order chi connectivity index (χ0) is 17.4. The molecule has 0 saturated heterocycles. The summed E-state index contributed by atoms with van der Waals surface area (Å²) in [6, 6.07) is 7.40. The highest BCUT2D eigenvalue weighted by Gasteiger charge is 2.12. The smallest absolute Gasteiger partial charge is 0.357 e. The lowest BCUT2D eigenvalue weighted by atomic mass is 10.2. The number of carbonyl (C=O) groups is 2. The molecule has 0 saturated carbocycles. The molecule has 2 rings (SSSR count). The van der Waals surface area contributed by atoms with Gasteiger partial charge in [-0.1, -0.05) is 12.1 Å². The molecule has 6 nitrogen and oxygen atoms in total. The third-order valence-electron chi connectivity index (χ3n) is 2.84. The third kappa shape index (κ3) is 5.20. The Labute approximate surface area is 144 Å². The quantitative estimate of drug-likeness (QED) is 0.614. The summed E-state index contributed by atoms with van der Waals surface area (Å²) in [5.74, 6) is -0.0406. The lowest BCUT2D eigenvalue weighted by molar-refractivity contribution is -0.111. The van der Waals surface area contributed by atoms with Gasteiger partial charge in [0.25, 0.3) is 0 Å². The predicted molar refractivity (Wildman–Crippen MR) is 93.3 cm³/mol. The molecule has 0 aliphatic rings. The van der Waals surface area contributed by atoms with E-state index in [2.05, 4.69) is 10.3 Å². The average molecular weight is 346 g/mol. The number of benzene rings is 1. The summed E-state index contributed by atoms with van der Waals surface area (Å²) in [4.78, 5) is 27.4. The van der Waals surface area contributed by atoms with E-state index in [-0.39, 0.29) is 18.2 Å². The van der Waals surface area contributed by atoms with E-state index in [1.54, 1.807) is 18.4 Å². The number of thiazole rings is 1. The molecule has 2 aromatic rings. The first-order valence-corrected chi connectivity index (χ1v) is 8.35. The lowest BCUT2D eigenvalue weighted by Gasteiger charge is -2.02. The molecule has 126 valence electrons. The molecule has 0 radical (unpaired) electrons. The zero-order valence-corrected chi connectivity index (χ0v) is 14.3. The number of nitrogens with zero attached hydrogens (tertiary/aromatic N) is 1. The van der Waals surface area contributed by atoms with Crippen LogP contribution in [-0.2, 0) is 9.53 Å². The first-order valence-electron chi connectivity index (χ1n) is 7.47. The van der Waals surface area contributed by atoms with E-state index in [1.807, 2.05) is 31.2 Å². The summed E-state index contributed by atoms with van der Waals surface area (Å²) >= 11 is 1.17. The second kappa shape index (κ2) is 8.83. The maximum Gasteiger partial charge on any atom is 0.357 e. The Bertz CT molecular complexity index is 722. The van der Waals surface area contributed by atoms with Gasteiger partial charge in [0.15, 0.2) is 10.8 Å². The van der Waals surface area contributed by atoms with Gasteiger partial charge in [-0.2, -0.15) is 0 Å². The number of ether oxygens (including phenoxy) is 2. The van der Waals surface area contributed by atoms with Gasteiger partial charge in [-0.3, -0.25) is 10.1 Å². The average Bonchev–Trinajstić information content (AvgIpc) is 3.03. The van der Waals surface area contributed by atoms with Crippen LogP contribution in [0.5, 0.6) is 5.75 Å². The Kier molecular flexibility index (Phi) is 6.51. The van der Waals surface area contributed by atoms with Gasteiger partial charge in [0, 0.05) is 11.5 Å². The van der Waals surface area contributed by atoms with Gasteiger partial charge in [0.2, 0.25) is 5.91 Å². The molecule has 0 aliphatic heterocycles. The van der Waals surface area contributed by atoms with Crippen molar-refractivity contribution < 1.29 is 19.1 Å². The summed E-state index contributed by atoms with van der Waals surface area (Å²) in [6.07, 6.45) is 3.09. The molecule has 1 aromatic carbocycles. The van der Waals surface area contributed by atoms with E-state index in [0.717, 1.165) is 11.3 Å². The molecular formula is C17H18N2O4S. The molecule has 0 unspecified atom stereocenters. The van der Waals surface area contributed by atoms with E-state index in [0.29, 0.717) is 11.7 Å². The van der Waals surface area contributed by atoms with Crippen molar-refractivity contribution in [2.45, 2.75) is 13.8 Å². The Hall–Kier alpha value is -2.67. The maximum atomic E-state index is 11.9. The number of rotatable bonds is 7. The number of hydrogen-bond donors (Lipinski definition) is 1. The van der Waals surface area contributed by atoms with Crippen LogP contribution in [0.2, 0.25) is 0 Å². The molecule has 7 heteroatoms. The second-order valence-corrected chi connectivity index (χ2v) is 5.44. The van der Waals surface area contributed by atoms with Gasteiger partial charge in [-0.15, -0.1) is 11.3 Å². The first kappa shape index (κ1) is 17.7. The Morgan fingerprint density at radius 2 is 1.96 bits per heavy atom. The fourth-order valence-electron chi connectivity index (χ4n) is 1.79. The molecule has 0 fully saturated rings. The van der Waals surface area contributed by atoms with Gasteiger partial charge in [-0.25, -0.2) is 9.78 Å². The van der Waals surface area contributed by atoms with E-state index >= 15 is 0 Å². The zero-order valence-electron chi connectivity index (χ0n) is 13.4. The van der Waals surface area contributed by atoms with Crippen LogP contribution >= 0.6 is 11.3 Å². The summed E-state index contributed by atoms with van der Waals surface area (Å²) in [7, 11) is 0. The van der Waals surface area contributed by atoms with Crippen LogP contribution in [0.3, 0.4) is 0 Å². The number of amides is 1. The van der Waals surface area contributed by atoms with Crippen molar-refractivity contribution in [3.8, 4) is 5.75 Å². The highest BCUT2D eigenvalue weighted by molar-refractivity contribution is 7.14. The van der Waals surface area contributed by atoms with Gasteiger partial charge >= 0.3 is 5.97 Å². The molecule has 1 heterocycles. The highest BCUT2D eigenvalue weighted by Crippen LogP contribution is 2.17. The molecule has 0 bridgehead atoms. The van der Waals surface area contributed by atoms with Gasteiger partial charge < -0.3 is 9.47 Å². The molecule has 0 aliphatic carbocycles. The SMILES string of the molecule is CCOC(=O)c1csc(NC(=O)/C=C/c2ccc(OCC)cc2)n1. The standard InChI is InChI=1S/C17H18N2O4S/c1-3-22-13-8-5-12(6-9-13)7-10-15(20)19-17-18-14(11-24-17)16(21)23-4-2/h5-11H,3-4H2,1-2H3,(H,18,19,20)/b10-7+. The van der Waals surface area contributed by atoms with Gasteiger partial charge in [0.1, 0.15) is 5.75 Å². The molecule has 1 amide bonds. The van der Waals surface area contributed by atoms with Gasteiger partial charge in [0.05, 0.1) is 13.2 Å². The summed E-state index contributed by atoms with van der Waals surface area (Å²) in [5.41, 5.74) is 1.06. The fraction of sp³-hybridized carbons (Fsp3) is 0.235. The molecule has 0 spiro atoms.